The Morgan fingerprint density at radius 1 is 1.12 bits per heavy atom. The number of aromatic nitrogens is 1. The second-order valence-electron chi connectivity index (χ2n) is 3.17. The molecule has 0 atom stereocenters. The summed E-state index contributed by atoms with van der Waals surface area (Å²) in [6, 6.07) is 10.8. The van der Waals surface area contributed by atoms with Crippen LogP contribution in [0.1, 0.15) is 5.56 Å². The number of benzene rings is 1. The SMILES string of the molecule is N#Cc1ccc(Cl)cc1Sc1ccc(Cl)cn1. The highest BCUT2D eigenvalue weighted by Gasteiger charge is 2.06. The Hall–Kier alpha value is -1.21. The Balaban J connectivity index is 2.32. The van der Waals surface area contributed by atoms with Crippen molar-refractivity contribution in [1.82, 2.24) is 4.98 Å². The Kier molecular flexibility index (Phi) is 3.90. The zero-order valence-electron chi connectivity index (χ0n) is 8.52. The van der Waals surface area contributed by atoms with Crippen LogP contribution in [0.3, 0.4) is 0 Å². The first-order valence-corrected chi connectivity index (χ1v) is 6.25. The van der Waals surface area contributed by atoms with Crippen LogP contribution in [0.15, 0.2) is 46.5 Å². The van der Waals surface area contributed by atoms with E-state index in [1.54, 1.807) is 36.5 Å². The van der Waals surface area contributed by atoms with E-state index in [2.05, 4.69) is 11.1 Å². The van der Waals surface area contributed by atoms with Gasteiger partial charge in [-0.15, -0.1) is 0 Å². The third kappa shape index (κ3) is 3.13. The van der Waals surface area contributed by atoms with Crippen molar-refractivity contribution in [3.05, 3.63) is 52.1 Å². The van der Waals surface area contributed by atoms with Crippen molar-refractivity contribution in [1.29, 1.82) is 5.26 Å². The minimum Gasteiger partial charge on any atom is -0.248 e. The number of hydrogen-bond donors (Lipinski definition) is 0. The molecule has 5 heteroatoms. The van der Waals surface area contributed by atoms with Crippen LogP contribution < -0.4 is 0 Å². The van der Waals surface area contributed by atoms with Crippen LogP contribution in [0, 0.1) is 11.3 Å². The molecule has 0 saturated carbocycles. The molecule has 0 fully saturated rings. The zero-order chi connectivity index (χ0) is 12.3. The quantitative estimate of drug-likeness (QED) is 0.818. The number of hydrogen-bond acceptors (Lipinski definition) is 3. The molecule has 1 heterocycles. The molecule has 0 unspecified atom stereocenters. The van der Waals surface area contributed by atoms with Gasteiger partial charge in [-0.05, 0) is 30.3 Å². The van der Waals surface area contributed by atoms with Crippen molar-refractivity contribution in [2.75, 3.05) is 0 Å². The van der Waals surface area contributed by atoms with Crippen LogP contribution in [0.25, 0.3) is 0 Å². The van der Waals surface area contributed by atoms with E-state index in [-0.39, 0.29) is 0 Å². The second kappa shape index (κ2) is 5.42. The van der Waals surface area contributed by atoms with Crippen molar-refractivity contribution < 1.29 is 0 Å². The van der Waals surface area contributed by atoms with Gasteiger partial charge in [-0.25, -0.2) is 4.98 Å². The number of rotatable bonds is 2. The van der Waals surface area contributed by atoms with Gasteiger partial charge in [0.1, 0.15) is 11.1 Å². The van der Waals surface area contributed by atoms with Gasteiger partial charge in [0.05, 0.1) is 10.6 Å². The first-order chi connectivity index (χ1) is 8.19. The van der Waals surface area contributed by atoms with E-state index in [0.717, 1.165) is 9.92 Å². The molecule has 1 aromatic heterocycles. The van der Waals surface area contributed by atoms with Crippen LogP contribution >= 0.6 is 35.0 Å². The molecule has 2 rings (SSSR count). The molecule has 0 aliphatic heterocycles. The molecular formula is C12H6Cl2N2S. The van der Waals surface area contributed by atoms with Crippen molar-refractivity contribution in [3.8, 4) is 6.07 Å². The summed E-state index contributed by atoms with van der Waals surface area (Å²) < 4.78 is 0. The minimum absolute atomic E-state index is 0.580. The fourth-order valence-corrected chi connectivity index (χ4v) is 2.43. The van der Waals surface area contributed by atoms with E-state index in [1.165, 1.54) is 11.8 Å². The first-order valence-electron chi connectivity index (χ1n) is 4.68. The molecule has 84 valence electrons. The Morgan fingerprint density at radius 3 is 2.53 bits per heavy atom. The van der Waals surface area contributed by atoms with Gasteiger partial charge in [-0.1, -0.05) is 35.0 Å². The van der Waals surface area contributed by atoms with Crippen LogP contribution in [0.5, 0.6) is 0 Å². The molecule has 1 aromatic carbocycles. The van der Waals surface area contributed by atoms with E-state index in [4.69, 9.17) is 28.5 Å². The van der Waals surface area contributed by atoms with Gasteiger partial charge in [0.2, 0.25) is 0 Å². The van der Waals surface area contributed by atoms with Crippen LogP contribution in [0.2, 0.25) is 10.0 Å². The van der Waals surface area contributed by atoms with E-state index < -0.39 is 0 Å². The van der Waals surface area contributed by atoms with Crippen molar-refractivity contribution in [3.63, 3.8) is 0 Å². The normalized spacial score (nSPS) is 9.94. The van der Waals surface area contributed by atoms with Crippen molar-refractivity contribution in [2.45, 2.75) is 9.92 Å². The molecule has 0 radical (unpaired) electrons. The maximum atomic E-state index is 8.98. The standard InChI is InChI=1S/C12H6Cl2N2S/c13-9-2-1-8(6-15)11(5-9)17-12-4-3-10(14)7-16-12/h1-5,7H. The average molecular weight is 281 g/mol. The van der Waals surface area contributed by atoms with Crippen molar-refractivity contribution >= 4 is 35.0 Å². The minimum atomic E-state index is 0.580. The number of nitriles is 1. The maximum Gasteiger partial charge on any atom is 0.101 e. The molecule has 0 spiro atoms. The fourth-order valence-electron chi connectivity index (χ4n) is 1.21. The Labute approximate surface area is 113 Å². The lowest BCUT2D eigenvalue weighted by Crippen LogP contribution is -1.83. The molecule has 0 aliphatic carbocycles. The lowest BCUT2D eigenvalue weighted by molar-refractivity contribution is 1.13. The average Bonchev–Trinajstić information content (AvgIpc) is 2.32. The van der Waals surface area contributed by atoms with E-state index in [1.807, 2.05) is 0 Å². The summed E-state index contributed by atoms with van der Waals surface area (Å²) in [6.45, 7) is 0. The van der Waals surface area contributed by atoms with Crippen LogP contribution in [-0.4, -0.2) is 4.98 Å². The van der Waals surface area contributed by atoms with Gasteiger partial charge in [-0.2, -0.15) is 5.26 Å². The molecule has 0 N–H and O–H groups in total. The van der Waals surface area contributed by atoms with E-state index in [9.17, 15) is 0 Å². The highest BCUT2D eigenvalue weighted by atomic mass is 35.5. The van der Waals surface area contributed by atoms with Gasteiger partial charge in [0, 0.05) is 16.1 Å². The molecule has 0 saturated heterocycles. The highest BCUT2D eigenvalue weighted by molar-refractivity contribution is 7.99. The third-order valence-electron chi connectivity index (χ3n) is 1.98. The summed E-state index contributed by atoms with van der Waals surface area (Å²) >= 11 is 13.0. The van der Waals surface area contributed by atoms with E-state index >= 15 is 0 Å². The Bertz CT molecular complexity index is 576. The second-order valence-corrected chi connectivity index (χ2v) is 5.10. The van der Waals surface area contributed by atoms with E-state index in [0.29, 0.717) is 15.6 Å². The third-order valence-corrected chi connectivity index (χ3v) is 3.45. The molecule has 0 aliphatic rings. The lowest BCUT2D eigenvalue weighted by atomic mass is 10.2. The largest absolute Gasteiger partial charge is 0.248 e. The summed E-state index contributed by atoms with van der Waals surface area (Å²) in [5, 5.41) is 10.9. The highest BCUT2D eigenvalue weighted by Crippen LogP contribution is 2.31. The monoisotopic (exact) mass is 280 g/mol. The predicted octanol–water partition coefficient (Wildman–Crippen LogP) is 4.41. The maximum absolute atomic E-state index is 8.98. The van der Waals surface area contributed by atoms with Crippen LogP contribution in [0.4, 0.5) is 0 Å². The Morgan fingerprint density at radius 2 is 1.88 bits per heavy atom. The topological polar surface area (TPSA) is 36.7 Å². The number of halogens is 2. The summed E-state index contributed by atoms with van der Waals surface area (Å²) in [7, 11) is 0. The van der Waals surface area contributed by atoms with Gasteiger partial charge in [-0.3, -0.25) is 0 Å². The molecule has 17 heavy (non-hydrogen) atoms. The molecule has 2 aromatic rings. The fraction of sp³-hybridized carbons (Fsp3) is 0. The predicted molar refractivity (Wildman–Crippen MR) is 69.5 cm³/mol. The van der Waals surface area contributed by atoms with Crippen molar-refractivity contribution in [2.24, 2.45) is 0 Å². The number of nitrogens with zero attached hydrogens (tertiary/aromatic N) is 2. The summed E-state index contributed by atoms with van der Waals surface area (Å²) in [4.78, 5) is 4.94. The summed E-state index contributed by atoms with van der Waals surface area (Å²) in [6.07, 6.45) is 1.57. The summed E-state index contributed by atoms with van der Waals surface area (Å²) in [5.74, 6) is 0. The lowest BCUT2D eigenvalue weighted by Gasteiger charge is -2.03. The van der Waals surface area contributed by atoms with Gasteiger partial charge >= 0.3 is 0 Å². The first kappa shape index (κ1) is 12.3. The molecule has 2 nitrogen and oxygen atoms in total. The van der Waals surface area contributed by atoms with Gasteiger partial charge in [0.15, 0.2) is 0 Å². The molecular weight excluding hydrogens is 275 g/mol. The number of pyridine rings is 1. The summed E-state index contributed by atoms with van der Waals surface area (Å²) in [5.41, 5.74) is 0.580. The smallest absolute Gasteiger partial charge is 0.101 e. The zero-order valence-corrected chi connectivity index (χ0v) is 10.9. The van der Waals surface area contributed by atoms with Gasteiger partial charge < -0.3 is 0 Å². The van der Waals surface area contributed by atoms with Gasteiger partial charge in [0.25, 0.3) is 0 Å². The molecule has 0 bridgehead atoms. The van der Waals surface area contributed by atoms with Crippen LogP contribution in [-0.2, 0) is 0 Å². The molecule has 0 amide bonds.